The zero-order chi connectivity index (χ0) is 12.4. The third kappa shape index (κ3) is 2.96. The van der Waals surface area contributed by atoms with Crippen LogP contribution in [-0.4, -0.2) is 30.6 Å². The van der Waals surface area contributed by atoms with Crippen molar-refractivity contribution in [1.29, 1.82) is 0 Å². The molecule has 18 heavy (non-hydrogen) atoms. The second kappa shape index (κ2) is 5.45. The minimum absolute atomic E-state index is 0.827. The average molecular weight is 248 g/mol. The van der Waals surface area contributed by atoms with Crippen LogP contribution in [0.3, 0.4) is 0 Å². The number of hydrogen-bond acceptors (Lipinski definition) is 3. The van der Waals surface area contributed by atoms with Crippen LogP contribution < -0.4 is 5.32 Å². The molecule has 1 N–H and O–H groups in total. The summed E-state index contributed by atoms with van der Waals surface area (Å²) in [5, 5.41) is 3.72. The number of furan rings is 1. The Bertz CT molecular complexity index is 351. The molecule has 3 nitrogen and oxygen atoms in total. The Morgan fingerprint density at radius 2 is 2.11 bits per heavy atom. The maximum Gasteiger partial charge on any atom is 0.0947 e. The van der Waals surface area contributed by atoms with Gasteiger partial charge >= 0.3 is 0 Å². The maximum absolute atomic E-state index is 5.11. The molecule has 1 aromatic rings. The minimum Gasteiger partial charge on any atom is -0.472 e. The third-order valence-corrected chi connectivity index (χ3v) is 4.52. The molecule has 2 atom stereocenters. The van der Waals surface area contributed by atoms with Crippen LogP contribution in [0.5, 0.6) is 0 Å². The Labute approximate surface area is 110 Å². The van der Waals surface area contributed by atoms with Crippen molar-refractivity contribution in [3.8, 4) is 0 Å². The zero-order valence-electron chi connectivity index (χ0n) is 11.3. The molecule has 2 fully saturated rings. The van der Waals surface area contributed by atoms with E-state index in [9.17, 15) is 0 Å². The fourth-order valence-electron chi connectivity index (χ4n) is 3.59. The lowest BCUT2D eigenvalue weighted by Gasteiger charge is -2.30. The van der Waals surface area contributed by atoms with E-state index in [1.165, 1.54) is 44.2 Å². The SMILES string of the molecule is CN(CCC1CC2CCC(C1)N2)Cc1ccoc1. The molecule has 2 unspecified atom stereocenters. The Morgan fingerprint density at radius 1 is 1.33 bits per heavy atom. The highest BCUT2D eigenvalue weighted by atomic mass is 16.3. The van der Waals surface area contributed by atoms with Crippen LogP contribution in [0.4, 0.5) is 0 Å². The fraction of sp³-hybridized carbons (Fsp3) is 0.733. The third-order valence-electron chi connectivity index (χ3n) is 4.52. The molecule has 1 aromatic heterocycles. The molecule has 0 radical (unpaired) electrons. The molecule has 100 valence electrons. The van der Waals surface area contributed by atoms with Crippen LogP contribution in [0.1, 0.15) is 37.7 Å². The topological polar surface area (TPSA) is 28.4 Å². The summed E-state index contributed by atoms with van der Waals surface area (Å²) in [7, 11) is 2.21. The molecule has 0 saturated carbocycles. The highest BCUT2D eigenvalue weighted by Crippen LogP contribution is 2.32. The van der Waals surface area contributed by atoms with Gasteiger partial charge in [-0.2, -0.15) is 0 Å². The molecule has 3 heterocycles. The molecule has 3 rings (SSSR count). The van der Waals surface area contributed by atoms with Gasteiger partial charge in [0.05, 0.1) is 12.5 Å². The summed E-state index contributed by atoms with van der Waals surface area (Å²) in [6.45, 7) is 2.21. The monoisotopic (exact) mass is 248 g/mol. The number of rotatable bonds is 5. The van der Waals surface area contributed by atoms with Gasteiger partial charge in [0, 0.05) is 24.2 Å². The van der Waals surface area contributed by atoms with Crippen LogP contribution >= 0.6 is 0 Å². The normalized spacial score (nSPS) is 31.1. The van der Waals surface area contributed by atoms with Crippen molar-refractivity contribution < 1.29 is 4.42 Å². The fourth-order valence-corrected chi connectivity index (χ4v) is 3.59. The molecule has 2 saturated heterocycles. The van der Waals surface area contributed by atoms with Crippen molar-refractivity contribution in [3.63, 3.8) is 0 Å². The lowest BCUT2D eigenvalue weighted by Crippen LogP contribution is -2.38. The zero-order valence-corrected chi connectivity index (χ0v) is 11.3. The van der Waals surface area contributed by atoms with Gasteiger partial charge < -0.3 is 14.6 Å². The van der Waals surface area contributed by atoms with E-state index in [0.29, 0.717) is 0 Å². The van der Waals surface area contributed by atoms with Gasteiger partial charge in [-0.15, -0.1) is 0 Å². The highest BCUT2D eigenvalue weighted by Gasteiger charge is 2.32. The summed E-state index contributed by atoms with van der Waals surface area (Å²) in [6, 6.07) is 3.71. The Kier molecular flexibility index (Phi) is 3.71. The molecular weight excluding hydrogens is 224 g/mol. The summed E-state index contributed by atoms with van der Waals surface area (Å²) in [6.07, 6.45) is 10.6. The van der Waals surface area contributed by atoms with E-state index in [1.54, 1.807) is 6.26 Å². The second-order valence-corrected chi connectivity index (χ2v) is 6.13. The van der Waals surface area contributed by atoms with Gasteiger partial charge in [-0.05, 0) is 57.7 Å². The van der Waals surface area contributed by atoms with Crippen molar-refractivity contribution in [2.45, 2.75) is 50.7 Å². The molecule has 2 aliphatic rings. The summed E-state index contributed by atoms with van der Waals surface area (Å²) in [4.78, 5) is 2.41. The Balaban J connectivity index is 1.41. The highest BCUT2D eigenvalue weighted by molar-refractivity contribution is 5.04. The first kappa shape index (κ1) is 12.2. The number of fused-ring (bicyclic) bond motifs is 2. The van der Waals surface area contributed by atoms with Gasteiger partial charge in [-0.1, -0.05) is 0 Å². The van der Waals surface area contributed by atoms with Gasteiger partial charge in [0.25, 0.3) is 0 Å². The van der Waals surface area contributed by atoms with Crippen molar-refractivity contribution in [2.75, 3.05) is 13.6 Å². The van der Waals surface area contributed by atoms with E-state index in [4.69, 9.17) is 4.42 Å². The largest absolute Gasteiger partial charge is 0.472 e. The van der Waals surface area contributed by atoms with Crippen molar-refractivity contribution in [2.24, 2.45) is 5.92 Å². The van der Waals surface area contributed by atoms with Crippen LogP contribution in [0, 0.1) is 5.92 Å². The quantitative estimate of drug-likeness (QED) is 0.868. The van der Waals surface area contributed by atoms with Gasteiger partial charge in [0.15, 0.2) is 0 Å². The van der Waals surface area contributed by atoms with E-state index in [2.05, 4.69) is 23.3 Å². The first-order valence-corrected chi connectivity index (χ1v) is 7.25. The van der Waals surface area contributed by atoms with Gasteiger partial charge in [0.1, 0.15) is 0 Å². The van der Waals surface area contributed by atoms with E-state index < -0.39 is 0 Å². The van der Waals surface area contributed by atoms with Crippen LogP contribution in [0.25, 0.3) is 0 Å². The molecule has 2 bridgehead atoms. The maximum atomic E-state index is 5.11. The molecule has 0 spiro atoms. The van der Waals surface area contributed by atoms with E-state index in [1.807, 2.05) is 6.26 Å². The number of hydrogen-bond donors (Lipinski definition) is 1. The standard InChI is InChI=1S/C15H24N2O/c1-17(10-13-5-7-18-11-13)6-4-12-8-14-2-3-15(9-12)16-14/h5,7,11-12,14-16H,2-4,6,8-10H2,1H3. The molecular formula is C15H24N2O. The number of nitrogens with one attached hydrogen (secondary N) is 1. The first-order valence-electron chi connectivity index (χ1n) is 7.25. The molecule has 0 aromatic carbocycles. The predicted octanol–water partition coefficient (Wildman–Crippen LogP) is 2.63. The van der Waals surface area contributed by atoms with Crippen LogP contribution in [0.15, 0.2) is 23.0 Å². The summed E-state index contributed by atoms with van der Waals surface area (Å²) in [5.74, 6) is 0.940. The Morgan fingerprint density at radius 3 is 2.78 bits per heavy atom. The molecule has 2 aliphatic heterocycles. The lowest BCUT2D eigenvalue weighted by atomic mass is 9.89. The second-order valence-electron chi connectivity index (χ2n) is 6.13. The molecule has 0 aliphatic carbocycles. The van der Waals surface area contributed by atoms with Crippen molar-refractivity contribution in [1.82, 2.24) is 10.2 Å². The van der Waals surface area contributed by atoms with Gasteiger partial charge in [-0.3, -0.25) is 0 Å². The number of piperidine rings is 1. The average Bonchev–Trinajstić information content (AvgIpc) is 2.97. The van der Waals surface area contributed by atoms with E-state index in [0.717, 1.165) is 24.5 Å². The summed E-state index contributed by atoms with van der Waals surface area (Å²) < 4.78 is 5.11. The van der Waals surface area contributed by atoms with Gasteiger partial charge in [0.2, 0.25) is 0 Å². The molecule has 3 heteroatoms. The smallest absolute Gasteiger partial charge is 0.0947 e. The summed E-state index contributed by atoms with van der Waals surface area (Å²) in [5.41, 5.74) is 1.28. The first-order chi connectivity index (χ1) is 8.79. The van der Waals surface area contributed by atoms with Crippen molar-refractivity contribution >= 4 is 0 Å². The van der Waals surface area contributed by atoms with Crippen LogP contribution in [0.2, 0.25) is 0 Å². The van der Waals surface area contributed by atoms with E-state index in [-0.39, 0.29) is 0 Å². The Hall–Kier alpha value is -0.800. The van der Waals surface area contributed by atoms with Gasteiger partial charge in [-0.25, -0.2) is 0 Å². The summed E-state index contributed by atoms with van der Waals surface area (Å²) >= 11 is 0. The predicted molar refractivity (Wildman–Crippen MR) is 72.3 cm³/mol. The minimum atomic E-state index is 0.827. The lowest BCUT2D eigenvalue weighted by molar-refractivity contribution is 0.238. The number of nitrogens with zero attached hydrogens (tertiary/aromatic N) is 1. The van der Waals surface area contributed by atoms with Crippen molar-refractivity contribution in [3.05, 3.63) is 24.2 Å². The van der Waals surface area contributed by atoms with E-state index >= 15 is 0 Å². The molecule has 0 amide bonds. The van der Waals surface area contributed by atoms with Crippen LogP contribution in [-0.2, 0) is 6.54 Å².